The highest BCUT2D eigenvalue weighted by Gasteiger charge is 2.21. The van der Waals surface area contributed by atoms with E-state index in [1.165, 1.54) is 17.9 Å². The third kappa shape index (κ3) is 2.80. The minimum Gasteiger partial charge on any atom is -0.461 e. The van der Waals surface area contributed by atoms with Crippen molar-refractivity contribution in [2.45, 2.75) is 44.8 Å². The van der Waals surface area contributed by atoms with E-state index in [9.17, 15) is 14.4 Å². The number of ether oxygens (including phenoxy) is 1. The van der Waals surface area contributed by atoms with Crippen molar-refractivity contribution in [2.24, 2.45) is 14.1 Å². The third-order valence-corrected chi connectivity index (χ3v) is 4.34. The van der Waals surface area contributed by atoms with Gasteiger partial charge in [0.05, 0.1) is 6.33 Å². The summed E-state index contributed by atoms with van der Waals surface area (Å²) < 4.78 is 9.12. The second kappa shape index (κ2) is 6.02. The molecule has 0 amide bonds. The topological polar surface area (TPSA) is 88.1 Å². The standard InChI is InChI=1S/C15H20N4O4/c1-17-9-16-13-12(17)14(21)19(15(22)18(13)2)8-11(20)23-10-6-4-3-5-7-10/h9-10H,3-8H2,1-2H3. The average molecular weight is 320 g/mol. The SMILES string of the molecule is Cn1cnc2c1c(=O)n(CC(=O)OC1CCCCC1)c(=O)n2C. The molecule has 1 fully saturated rings. The van der Waals surface area contributed by atoms with Crippen LogP contribution in [-0.2, 0) is 30.2 Å². The van der Waals surface area contributed by atoms with Crippen LogP contribution >= 0.6 is 0 Å². The molecule has 0 radical (unpaired) electrons. The van der Waals surface area contributed by atoms with Crippen molar-refractivity contribution < 1.29 is 9.53 Å². The summed E-state index contributed by atoms with van der Waals surface area (Å²) in [7, 11) is 3.20. The molecule has 0 atom stereocenters. The van der Waals surface area contributed by atoms with Crippen LogP contribution in [0.15, 0.2) is 15.9 Å². The van der Waals surface area contributed by atoms with Crippen molar-refractivity contribution in [2.75, 3.05) is 0 Å². The van der Waals surface area contributed by atoms with Crippen LogP contribution in [0.4, 0.5) is 0 Å². The smallest absolute Gasteiger partial charge is 0.333 e. The Morgan fingerprint density at radius 3 is 2.65 bits per heavy atom. The van der Waals surface area contributed by atoms with Gasteiger partial charge in [0.25, 0.3) is 5.56 Å². The van der Waals surface area contributed by atoms with Gasteiger partial charge in [-0.15, -0.1) is 0 Å². The van der Waals surface area contributed by atoms with Crippen molar-refractivity contribution >= 4 is 17.1 Å². The number of rotatable bonds is 3. The van der Waals surface area contributed by atoms with Crippen LogP contribution in [0.2, 0.25) is 0 Å². The summed E-state index contributed by atoms with van der Waals surface area (Å²) in [5.74, 6) is -0.544. The number of carbonyl (C=O) groups is 1. The van der Waals surface area contributed by atoms with Gasteiger partial charge in [0.15, 0.2) is 11.2 Å². The van der Waals surface area contributed by atoms with Crippen LogP contribution in [0, 0.1) is 0 Å². The third-order valence-electron chi connectivity index (χ3n) is 4.34. The molecule has 0 spiro atoms. The fourth-order valence-corrected chi connectivity index (χ4v) is 3.07. The van der Waals surface area contributed by atoms with Crippen LogP contribution in [0.3, 0.4) is 0 Å². The summed E-state index contributed by atoms with van der Waals surface area (Å²) in [5.41, 5.74) is -0.498. The number of nitrogens with zero attached hydrogens (tertiary/aromatic N) is 4. The Kier molecular flexibility index (Phi) is 4.06. The molecule has 0 saturated heterocycles. The van der Waals surface area contributed by atoms with Gasteiger partial charge in [0.1, 0.15) is 12.6 Å². The number of esters is 1. The van der Waals surface area contributed by atoms with E-state index >= 15 is 0 Å². The molecular weight excluding hydrogens is 300 g/mol. The first kappa shape index (κ1) is 15.5. The summed E-state index contributed by atoms with van der Waals surface area (Å²) in [6.45, 7) is -0.372. The Morgan fingerprint density at radius 1 is 1.26 bits per heavy atom. The number of hydrogen-bond donors (Lipinski definition) is 0. The molecule has 23 heavy (non-hydrogen) atoms. The van der Waals surface area contributed by atoms with Crippen molar-refractivity contribution in [1.82, 2.24) is 18.7 Å². The lowest BCUT2D eigenvalue weighted by molar-refractivity contribution is -0.151. The summed E-state index contributed by atoms with van der Waals surface area (Å²) in [5, 5.41) is 0. The van der Waals surface area contributed by atoms with Crippen molar-refractivity contribution in [3.8, 4) is 0 Å². The predicted octanol–water partition coefficient (Wildman–Crippen LogP) is 0.310. The molecule has 2 aromatic heterocycles. The molecule has 124 valence electrons. The van der Waals surface area contributed by atoms with Gasteiger partial charge in [-0.05, 0) is 25.7 Å². The largest absolute Gasteiger partial charge is 0.461 e. The highest BCUT2D eigenvalue weighted by molar-refractivity contribution is 5.72. The molecule has 0 N–H and O–H groups in total. The quantitative estimate of drug-likeness (QED) is 0.760. The fourth-order valence-electron chi connectivity index (χ4n) is 3.07. The molecule has 8 heteroatoms. The fraction of sp³-hybridized carbons (Fsp3) is 0.600. The van der Waals surface area contributed by atoms with Crippen molar-refractivity contribution in [3.05, 3.63) is 27.2 Å². The van der Waals surface area contributed by atoms with E-state index < -0.39 is 17.2 Å². The summed E-state index contributed by atoms with van der Waals surface area (Å²) in [6.07, 6.45) is 6.30. The zero-order chi connectivity index (χ0) is 16.6. The highest BCUT2D eigenvalue weighted by atomic mass is 16.5. The van der Waals surface area contributed by atoms with Gasteiger partial charge in [0, 0.05) is 14.1 Å². The lowest BCUT2D eigenvalue weighted by atomic mass is 9.98. The van der Waals surface area contributed by atoms with Crippen LogP contribution in [0.25, 0.3) is 11.2 Å². The molecule has 0 aromatic carbocycles. The Balaban J connectivity index is 1.90. The molecule has 3 rings (SSSR count). The van der Waals surface area contributed by atoms with Crippen LogP contribution in [0.5, 0.6) is 0 Å². The maximum absolute atomic E-state index is 12.5. The number of fused-ring (bicyclic) bond motifs is 1. The first-order chi connectivity index (χ1) is 11.0. The van der Waals surface area contributed by atoms with E-state index in [0.717, 1.165) is 36.7 Å². The van der Waals surface area contributed by atoms with Crippen LogP contribution in [0.1, 0.15) is 32.1 Å². The molecule has 1 aliphatic rings. The second-order valence-electron chi connectivity index (χ2n) is 6.01. The number of carbonyl (C=O) groups excluding carboxylic acids is 1. The Morgan fingerprint density at radius 2 is 1.96 bits per heavy atom. The maximum Gasteiger partial charge on any atom is 0.333 e. The van der Waals surface area contributed by atoms with Crippen LogP contribution in [-0.4, -0.2) is 30.8 Å². The summed E-state index contributed by atoms with van der Waals surface area (Å²) in [6, 6.07) is 0. The first-order valence-electron chi connectivity index (χ1n) is 7.79. The van der Waals surface area contributed by atoms with Crippen molar-refractivity contribution in [1.29, 1.82) is 0 Å². The lowest BCUT2D eigenvalue weighted by Gasteiger charge is -2.21. The Labute approximate surface area is 132 Å². The molecule has 1 aliphatic carbocycles. The maximum atomic E-state index is 12.5. The Hall–Kier alpha value is -2.38. The van der Waals surface area contributed by atoms with Crippen molar-refractivity contribution in [3.63, 3.8) is 0 Å². The molecule has 0 bridgehead atoms. The van der Waals surface area contributed by atoms with E-state index in [1.54, 1.807) is 11.6 Å². The minimum absolute atomic E-state index is 0.101. The zero-order valence-corrected chi connectivity index (χ0v) is 13.3. The molecule has 2 heterocycles. The number of aromatic nitrogens is 4. The molecular formula is C15H20N4O4. The number of imidazole rings is 1. The van der Waals surface area contributed by atoms with E-state index in [-0.39, 0.29) is 18.2 Å². The van der Waals surface area contributed by atoms with Gasteiger partial charge in [-0.2, -0.15) is 0 Å². The summed E-state index contributed by atoms with van der Waals surface area (Å²) in [4.78, 5) is 41.0. The zero-order valence-electron chi connectivity index (χ0n) is 13.3. The van der Waals surface area contributed by atoms with E-state index in [2.05, 4.69) is 4.98 Å². The Bertz CT molecular complexity index is 855. The molecule has 8 nitrogen and oxygen atoms in total. The van der Waals surface area contributed by atoms with Gasteiger partial charge >= 0.3 is 11.7 Å². The first-order valence-corrected chi connectivity index (χ1v) is 7.79. The molecule has 0 aliphatic heterocycles. The average Bonchev–Trinajstić information content (AvgIpc) is 2.92. The molecule has 2 aromatic rings. The normalized spacial score (nSPS) is 15.9. The summed E-state index contributed by atoms with van der Waals surface area (Å²) >= 11 is 0. The minimum atomic E-state index is -0.568. The van der Waals surface area contributed by atoms with Gasteiger partial charge < -0.3 is 9.30 Å². The van der Waals surface area contributed by atoms with Crippen LogP contribution < -0.4 is 11.2 Å². The molecule has 1 saturated carbocycles. The van der Waals surface area contributed by atoms with Gasteiger partial charge in [0.2, 0.25) is 0 Å². The molecule has 0 unspecified atom stereocenters. The predicted molar refractivity (Wildman–Crippen MR) is 83.2 cm³/mol. The van der Waals surface area contributed by atoms with E-state index in [4.69, 9.17) is 4.74 Å². The van der Waals surface area contributed by atoms with Gasteiger partial charge in [-0.25, -0.2) is 14.3 Å². The van der Waals surface area contributed by atoms with E-state index in [1.807, 2.05) is 0 Å². The highest BCUT2D eigenvalue weighted by Crippen LogP contribution is 2.20. The lowest BCUT2D eigenvalue weighted by Crippen LogP contribution is -2.42. The monoisotopic (exact) mass is 320 g/mol. The second-order valence-corrected chi connectivity index (χ2v) is 6.01. The van der Waals surface area contributed by atoms with E-state index in [0.29, 0.717) is 5.65 Å². The van der Waals surface area contributed by atoms with Gasteiger partial charge in [-0.1, -0.05) is 6.42 Å². The van der Waals surface area contributed by atoms with Gasteiger partial charge in [-0.3, -0.25) is 14.2 Å². The number of aryl methyl sites for hydroxylation is 2. The number of hydrogen-bond acceptors (Lipinski definition) is 5.